The van der Waals surface area contributed by atoms with Gasteiger partial charge in [0.25, 0.3) is 5.91 Å². The van der Waals surface area contributed by atoms with Gasteiger partial charge >= 0.3 is 0 Å². The van der Waals surface area contributed by atoms with Gasteiger partial charge in [0.05, 0.1) is 5.56 Å². The summed E-state index contributed by atoms with van der Waals surface area (Å²) in [6.45, 7) is 0.879. The molecule has 0 saturated heterocycles. The summed E-state index contributed by atoms with van der Waals surface area (Å²) in [6, 6.07) is 3.43. The molecule has 1 aromatic rings. The number of carbonyl (C=O) groups excluding carboxylic acids is 1. The van der Waals surface area contributed by atoms with E-state index in [1.165, 1.54) is 25.7 Å². The maximum absolute atomic E-state index is 12.3. The molecule has 19 heavy (non-hydrogen) atoms. The molecule has 0 aliphatic heterocycles. The Balaban J connectivity index is 1.62. The zero-order chi connectivity index (χ0) is 13.4. The van der Waals surface area contributed by atoms with E-state index in [1.807, 2.05) is 11.9 Å². The normalized spacial score (nSPS) is 28.6. The van der Waals surface area contributed by atoms with Gasteiger partial charge in [-0.05, 0) is 49.1 Å². The molecular weight excluding hydrogens is 238 g/mol. The number of fused-ring (bicyclic) bond motifs is 2. The Kier molecular flexibility index (Phi) is 3.17. The number of anilines is 1. The quantitative estimate of drug-likeness (QED) is 0.905. The maximum atomic E-state index is 12.3. The predicted molar refractivity (Wildman–Crippen MR) is 74.5 cm³/mol. The van der Waals surface area contributed by atoms with Crippen molar-refractivity contribution in [3.63, 3.8) is 0 Å². The van der Waals surface area contributed by atoms with Crippen LogP contribution in [-0.2, 0) is 0 Å². The van der Waals surface area contributed by atoms with Crippen LogP contribution in [0.2, 0.25) is 0 Å². The first-order valence-electron chi connectivity index (χ1n) is 7.10. The van der Waals surface area contributed by atoms with Crippen molar-refractivity contribution >= 4 is 11.7 Å². The highest BCUT2D eigenvalue weighted by Crippen LogP contribution is 2.48. The van der Waals surface area contributed by atoms with E-state index >= 15 is 0 Å². The summed E-state index contributed by atoms with van der Waals surface area (Å²) in [5, 5.41) is 0. The second-order valence-electron chi connectivity index (χ2n) is 6.09. The Bertz CT molecular complexity index is 471. The molecule has 2 bridgehead atoms. The van der Waals surface area contributed by atoms with Crippen LogP contribution in [-0.4, -0.2) is 29.4 Å². The van der Waals surface area contributed by atoms with Gasteiger partial charge in [0, 0.05) is 19.8 Å². The molecule has 1 aromatic heterocycles. The van der Waals surface area contributed by atoms with E-state index in [2.05, 4.69) is 4.98 Å². The highest BCUT2D eigenvalue weighted by atomic mass is 16.2. The van der Waals surface area contributed by atoms with Crippen LogP contribution in [0.5, 0.6) is 0 Å². The van der Waals surface area contributed by atoms with Crippen molar-refractivity contribution in [1.29, 1.82) is 0 Å². The van der Waals surface area contributed by atoms with E-state index in [0.717, 1.165) is 18.4 Å². The van der Waals surface area contributed by atoms with Crippen molar-refractivity contribution in [2.75, 3.05) is 19.3 Å². The van der Waals surface area contributed by atoms with E-state index in [1.54, 1.807) is 18.3 Å². The van der Waals surface area contributed by atoms with Crippen molar-refractivity contribution in [3.05, 3.63) is 23.9 Å². The Morgan fingerprint density at radius 3 is 2.84 bits per heavy atom. The molecule has 0 aromatic carbocycles. The summed E-state index contributed by atoms with van der Waals surface area (Å²) in [5.41, 5.74) is 6.16. The fourth-order valence-electron chi connectivity index (χ4n) is 3.79. The Labute approximate surface area is 114 Å². The van der Waals surface area contributed by atoms with Crippen molar-refractivity contribution < 1.29 is 4.79 Å². The highest BCUT2D eigenvalue weighted by Gasteiger charge is 2.40. The predicted octanol–water partition coefficient (Wildman–Crippen LogP) is 2.17. The van der Waals surface area contributed by atoms with Crippen LogP contribution in [0.1, 0.15) is 36.0 Å². The molecule has 1 heterocycles. The van der Waals surface area contributed by atoms with Gasteiger partial charge < -0.3 is 10.6 Å². The number of nitrogen functional groups attached to an aromatic ring is 1. The van der Waals surface area contributed by atoms with Crippen molar-refractivity contribution in [3.8, 4) is 0 Å². The standard InChI is InChI=1S/C15H21N3O/c1-18(9-13-7-10-2-3-11(13)6-10)15(19)12-4-5-14(16)17-8-12/h4-5,8,10-11,13H,2-3,6-7,9H2,1H3,(H2,16,17). The molecule has 4 nitrogen and oxygen atoms in total. The molecule has 2 aliphatic carbocycles. The van der Waals surface area contributed by atoms with E-state index in [4.69, 9.17) is 5.73 Å². The molecule has 2 N–H and O–H groups in total. The monoisotopic (exact) mass is 259 g/mol. The zero-order valence-electron chi connectivity index (χ0n) is 11.4. The van der Waals surface area contributed by atoms with E-state index in [0.29, 0.717) is 17.3 Å². The molecule has 3 rings (SSSR count). The second-order valence-corrected chi connectivity index (χ2v) is 6.09. The third kappa shape index (κ3) is 2.44. The molecule has 0 radical (unpaired) electrons. The first-order valence-corrected chi connectivity index (χ1v) is 7.10. The Morgan fingerprint density at radius 2 is 2.26 bits per heavy atom. The molecule has 4 heteroatoms. The van der Waals surface area contributed by atoms with Gasteiger partial charge in [-0.15, -0.1) is 0 Å². The summed E-state index contributed by atoms with van der Waals surface area (Å²) >= 11 is 0. The largest absolute Gasteiger partial charge is 0.384 e. The van der Waals surface area contributed by atoms with Gasteiger partial charge in [-0.25, -0.2) is 4.98 Å². The van der Waals surface area contributed by atoms with Crippen LogP contribution >= 0.6 is 0 Å². The Morgan fingerprint density at radius 1 is 1.42 bits per heavy atom. The van der Waals surface area contributed by atoms with Gasteiger partial charge in [0.15, 0.2) is 0 Å². The number of nitrogens with zero attached hydrogens (tertiary/aromatic N) is 2. The van der Waals surface area contributed by atoms with Crippen LogP contribution in [0.4, 0.5) is 5.82 Å². The van der Waals surface area contributed by atoms with Crippen LogP contribution in [0.15, 0.2) is 18.3 Å². The molecule has 2 aliphatic rings. The van der Waals surface area contributed by atoms with Crippen LogP contribution in [0.25, 0.3) is 0 Å². The van der Waals surface area contributed by atoms with Crippen LogP contribution < -0.4 is 5.73 Å². The molecule has 3 atom stereocenters. The fraction of sp³-hybridized carbons (Fsp3) is 0.600. The van der Waals surface area contributed by atoms with Crippen molar-refractivity contribution in [2.24, 2.45) is 17.8 Å². The smallest absolute Gasteiger partial charge is 0.255 e. The van der Waals surface area contributed by atoms with Crippen molar-refractivity contribution in [1.82, 2.24) is 9.88 Å². The summed E-state index contributed by atoms with van der Waals surface area (Å²) in [5.74, 6) is 2.98. The number of aromatic nitrogens is 1. The second kappa shape index (κ2) is 4.83. The van der Waals surface area contributed by atoms with Gasteiger partial charge in [-0.2, -0.15) is 0 Å². The maximum Gasteiger partial charge on any atom is 0.255 e. The minimum Gasteiger partial charge on any atom is -0.384 e. The van der Waals surface area contributed by atoms with E-state index in [9.17, 15) is 4.79 Å². The summed E-state index contributed by atoms with van der Waals surface area (Å²) < 4.78 is 0. The third-order valence-corrected chi connectivity index (χ3v) is 4.77. The summed E-state index contributed by atoms with van der Waals surface area (Å²) in [7, 11) is 1.89. The zero-order valence-corrected chi connectivity index (χ0v) is 11.4. The molecule has 102 valence electrons. The molecule has 3 unspecified atom stereocenters. The van der Waals surface area contributed by atoms with E-state index < -0.39 is 0 Å². The number of rotatable bonds is 3. The minimum absolute atomic E-state index is 0.0512. The third-order valence-electron chi connectivity index (χ3n) is 4.77. The van der Waals surface area contributed by atoms with Crippen LogP contribution in [0.3, 0.4) is 0 Å². The SMILES string of the molecule is CN(CC1CC2CCC1C2)C(=O)c1ccc(N)nc1. The lowest BCUT2D eigenvalue weighted by atomic mass is 9.88. The number of pyridine rings is 1. The summed E-state index contributed by atoms with van der Waals surface area (Å²) in [6.07, 6.45) is 7.02. The average molecular weight is 259 g/mol. The number of amides is 1. The molecular formula is C15H21N3O. The molecule has 2 fully saturated rings. The van der Waals surface area contributed by atoms with E-state index in [-0.39, 0.29) is 5.91 Å². The molecule has 2 saturated carbocycles. The van der Waals surface area contributed by atoms with Gasteiger partial charge in [-0.1, -0.05) is 6.42 Å². The minimum atomic E-state index is 0.0512. The van der Waals surface area contributed by atoms with Gasteiger partial charge in [0.2, 0.25) is 0 Å². The first-order chi connectivity index (χ1) is 9.13. The lowest BCUT2D eigenvalue weighted by molar-refractivity contribution is 0.0754. The molecule has 1 amide bonds. The van der Waals surface area contributed by atoms with Gasteiger partial charge in [0.1, 0.15) is 5.82 Å². The van der Waals surface area contributed by atoms with Gasteiger partial charge in [-0.3, -0.25) is 4.79 Å². The van der Waals surface area contributed by atoms with Crippen LogP contribution in [0, 0.1) is 17.8 Å². The lowest BCUT2D eigenvalue weighted by Crippen LogP contribution is -2.33. The van der Waals surface area contributed by atoms with Crippen molar-refractivity contribution in [2.45, 2.75) is 25.7 Å². The average Bonchev–Trinajstić information content (AvgIpc) is 3.01. The lowest BCUT2D eigenvalue weighted by Gasteiger charge is -2.27. The number of hydrogen-bond donors (Lipinski definition) is 1. The number of nitrogens with two attached hydrogens (primary N) is 1. The Hall–Kier alpha value is -1.58. The topological polar surface area (TPSA) is 59.2 Å². The summed E-state index contributed by atoms with van der Waals surface area (Å²) in [4.78, 5) is 18.1. The number of carbonyl (C=O) groups is 1. The first kappa shape index (κ1) is 12.5. The highest BCUT2D eigenvalue weighted by molar-refractivity contribution is 5.93. The number of hydrogen-bond acceptors (Lipinski definition) is 3. The molecule has 0 spiro atoms. The fourth-order valence-corrected chi connectivity index (χ4v) is 3.79.